The summed E-state index contributed by atoms with van der Waals surface area (Å²) in [4.78, 5) is 4.41. The van der Waals surface area contributed by atoms with Crippen LogP contribution in [0.25, 0.3) is 17.2 Å². The van der Waals surface area contributed by atoms with Crippen LogP contribution in [-0.4, -0.2) is 31.2 Å². The van der Waals surface area contributed by atoms with Crippen LogP contribution in [0, 0.1) is 0 Å². The first-order chi connectivity index (χ1) is 11.7. The Kier molecular flexibility index (Phi) is 3.59. The van der Waals surface area contributed by atoms with Gasteiger partial charge in [0.2, 0.25) is 0 Å². The third kappa shape index (κ3) is 2.38. The lowest BCUT2D eigenvalue weighted by Crippen LogP contribution is -2.06. The van der Waals surface area contributed by atoms with Crippen molar-refractivity contribution in [2.24, 2.45) is 0 Å². The predicted molar refractivity (Wildman–Crippen MR) is 91.5 cm³/mol. The monoisotopic (exact) mass is 323 g/mol. The van der Waals surface area contributed by atoms with Gasteiger partial charge >= 0.3 is 0 Å². The molecular weight excluding hydrogens is 302 g/mol. The van der Waals surface area contributed by atoms with Crippen LogP contribution in [0.1, 0.15) is 38.1 Å². The summed E-state index contributed by atoms with van der Waals surface area (Å²) in [7, 11) is 0. The second-order valence-corrected chi connectivity index (χ2v) is 6.31. The summed E-state index contributed by atoms with van der Waals surface area (Å²) in [6.45, 7) is 6.99. The van der Waals surface area contributed by atoms with Crippen molar-refractivity contribution in [3.05, 3.63) is 41.9 Å². The van der Waals surface area contributed by atoms with E-state index in [1.165, 1.54) is 5.56 Å². The van der Waals surface area contributed by atoms with E-state index in [4.69, 9.17) is 9.84 Å². The Hall–Kier alpha value is -2.63. The second kappa shape index (κ2) is 5.78. The lowest BCUT2D eigenvalue weighted by Gasteiger charge is -2.10. The molecule has 1 aromatic carbocycles. The molecule has 0 N–H and O–H groups in total. The third-order valence-electron chi connectivity index (χ3n) is 4.35. The van der Waals surface area contributed by atoms with E-state index in [1.807, 2.05) is 15.4 Å². The smallest absolute Gasteiger partial charge is 0.178 e. The summed E-state index contributed by atoms with van der Waals surface area (Å²) in [5, 5.41) is 9.15. The van der Waals surface area contributed by atoms with Crippen LogP contribution in [0.15, 0.2) is 30.6 Å². The fourth-order valence-electron chi connectivity index (χ4n) is 3.06. The van der Waals surface area contributed by atoms with Crippen LogP contribution in [0.4, 0.5) is 0 Å². The van der Waals surface area contributed by atoms with Crippen molar-refractivity contribution in [1.29, 1.82) is 0 Å². The minimum absolute atomic E-state index is 0.242. The molecule has 6 nitrogen and oxygen atoms in total. The molecule has 0 aliphatic carbocycles. The quantitative estimate of drug-likeness (QED) is 0.742. The molecule has 4 rings (SSSR count). The van der Waals surface area contributed by atoms with Gasteiger partial charge in [-0.3, -0.25) is 0 Å². The summed E-state index contributed by atoms with van der Waals surface area (Å²) in [5.74, 6) is 1.69. The van der Waals surface area contributed by atoms with Crippen molar-refractivity contribution in [2.75, 3.05) is 6.61 Å². The predicted octanol–water partition coefficient (Wildman–Crippen LogP) is 3.21. The van der Waals surface area contributed by atoms with Gasteiger partial charge < -0.3 is 4.74 Å². The SMILES string of the molecule is CCc1ccc2c(c1)-n1nc(-c3ncnn3C(C)C)cc1CCO2. The molecule has 0 fully saturated rings. The lowest BCUT2D eigenvalue weighted by molar-refractivity contribution is 0.326. The summed E-state index contributed by atoms with van der Waals surface area (Å²) >= 11 is 0. The molecule has 0 saturated heterocycles. The van der Waals surface area contributed by atoms with Gasteiger partial charge in [-0.15, -0.1) is 0 Å². The molecule has 0 saturated carbocycles. The Morgan fingerprint density at radius 1 is 1.25 bits per heavy atom. The molecule has 124 valence electrons. The van der Waals surface area contributed by atoms with Gasteiger partial charge in [-0.1, -0.05) is 13.0 Å². The maximum absolute atomic E-state index is 5.89. The highest BCUT2D eigenvalue weighted by Crippen LogP contribution is 2.30. The van der Waals surface area contributed by atoms with Crippen molar-refractivity contribution >= 4 is 0 Å². The van der Waals surface area contributed by atoms with Crippen molar-refractivity contribution < 1.29 is 4.74 Å². The average molecular weight is 323 g/mol. The standard InChI is InChI=1S/C18H21N5O/c1-4-13-5-6-17-16(9-13)23-14(7-8-24-17)10-15(21-23)18-19-11-20-22(18)12(2)3/h5-6,9-12H,4,7-8H2,1-3H3. The molecular formula is C18H21N5O. The average Bonchev–Trinajstić information content (AvgIpc) is 3.19. The Labute approximate surface area is 141 Å². The van der Waals surface area contributed by atoms with Crippen LogP contribution in [-0.2, 0) is 12.8 Å². The molecule has 1 aliphatic heterocycles. The van der Waals surface area contributed by atoms with E-state index in [0.29, 0.717) is 6.61 Å². The highest BCUT2D eigenvalue weighted by atomic mass is 16.5. The Bertz CT molecular complexity index is 877. The van der Waals surface area contributed by atoms with Crippen molar-refractivity contribution in [3.63, 3.8) is 0 Å². The molecule has 6 heteroatoms. The van der Waals surface area contributed by atoms with Gasteiger partial charge in [0.15, 0.2) is 5.82 Å². The number of nitrogens with zero attached hydrogens (tertiary/aromatic N) is 5. The number of rotatable bonds is 3. The second-order valence-electron chi connectivity index (χ2n) is 6.31. The van der Waals surface area contributed by atoms with Crippen LogP contribution in [0.5, 0.6) is 5.75 Å². The fourth-order valence-corrected chi connectivity index (χ4v) is 3.06. The van der Waals surface area contributed by atoms with Crippen LogP contribution >= 0.6 is 0 Å². The molecule has 1 aliphatic rings. The van der Waals surface area contributed by atoms with Gasteiger partial charge in [-0.25, -0.2) is 14.3 Å². The zero-order valence-corrected chi connectivity index (χ0v) is 14.2. The van der Waals surface area contributed by atoms with E-state index < -0.39 is 0 Å². The summed E-state index contributed by atoms with van der Waals surface area (Å²) < 4.78 is 9.79. The van der Waals surface area contributed by atoms with Crippen LogP contribution in [0.2, 0.25) is 0 Å². The zero-order chi connectivity index (χ0) is 16.7. The minimum Gasteiger partial charge on any atom is -0.491 e. The maximum Gasteiger partial charge on any atom is 0.178 e. The van der Waals surface area contributed by atoms with E-state index in [-0.39, 0.29) is 6.04 Å². The van der Waals surface area contributed by atoms with Gasteiger partial charge in [0.05, 0.1) is 6.61 Å². The number of benzene rings is 1. The normalized spacial score (nSPS) is 13.3. The number of ether oxygens (including phenoxy) is 1. The minimum atomic E-state index is 0.242. The van der Waals surface area contributed by atoms with Gasteiger partial charge in [-0.05, 0) is 44.0 Å². The van der Waals surface area contributed by atoms with Crippen molar-refractivity contribution in [2.45, 2.75) is 39.7 Å². The highest BCUT2D eigenvalue weighted by Gasteiger charge is 2.21. The molecule has 0 spiro atoms. The Morgan fingerprint density at radius 2 is 2.12 bits per heavy atom. The first kappa shape index (κ1) is 14.9. The van der Waals surface area contributed by atoms with Gasteiger partial charge in [-0.2, -0.15) is 10.2 Å². The van der Waals surface area contributed by atoms with Gasteiger partial charge in [0.25, 0.3) is 0 Å². The van der Waals surface area contributed by atoms with Crippen molar-refractivity contribution in [3.8, 4) is 23.0 Å². The topological polar surface area (TPSA) is 57.8 Å². The molecule has 0 unspecified atom stereocenters. The number of aromatic nitrogens is 5. The molecule has 0 atom stereocenters. The molecule has 0 amide bonds. The first-order valence-corrected chi connectivity index (χ1v) is 8.42. The van der Waals surface area contributed by atoms with Gasteiger partial charge in [0.1, 0.15) is 23.5 Å². The largest absolute Gasteiger partial charge is 0.491 e. The number of hydrogen-bond acceptors (Lipinski definition) is 4. The molecule has 2 aromatic heterocycles. The summed E-state index contributed by atoms with van der Waals surface area (Å²) in [6, 6.07) is 8.66. The van der Waals surface area contributed by atoms with E-state index in [0.717, 1.165) is 41.5 Å². The molecule has 0 radical (unpaired) electrons. The lowest BCUT2D eigenvalue weighted by atomic mass is 10.1. The van der Waals surface area contributed by atoms with E-state index >= 15 is 0 Å². The first-order valence-electron chi connectivity index (χ1n) is 8.42. The summed E-state index contributed by atoms with van der Waals surface area (Å²) in [6.07, 6.45) is 3.39. The number of fused-ring (bicyclic) bond motifs is 3. The molecule has 0 bridgehead atoms. The van der Waals surface area contributed by atoms with Crippen molar-refractivity contribution in [1.82, 2.24) is 24.5 Å². The fraction of sp³-hybridized carbons (Fsp3) is 0.389. The van der Waals surface area contributed by atoms with Crippen LogP contribution < -0.4 is 4.74 Å². The molecule has 3 aromatic rings. The Balaban J connectivity index is 1.86. The summed E-state index contributed by atoms with van der Waals surface area (Å²) in [5.41, 5.74) is 4.26. The third-order valence-corrected chi connectivity index (χ3v) is 4.35. The van der Waals surface area contributed by atoms with E-state index in [9.17, 15) is 0 Å². The maximum atomic E-state index is 5.89. The van der Waals surface area contributed by atoms with E-state index in [1.54, 1.807) is 6.33 Å². The molecule has 24 heavy (non-hydrogen) atoms. The van der Waals surface area contributed by atoms with E-state index in [2.05, 4.69) is 49.1 Å². The number of aryl methyl sites for hydroxylation is 1. The zero-order valence-electron chi connectivity index (χ0n) is 14.2. The number of hydrogen-bond donors (Lipinski definition) is 0. The highest BCUT2D eigenvalue weighted by molar-refractivity contribution is 5.55. The van der Waals surface area contributed by atoms with Crippen LogP contribution in [0.3, 0.4) is 0 Å². The van der Waals surface area contributed by atoms with Gasteiger partial charge in [0, 0.05) is 18.2 Å². The molecule has 3 heterocycles. The Morgan fingerprint density at radius 3 is 2.92 bits per heavy atom.